The summed E-state index contributed by atoms with van der Waals surface area (Å²) in [5, 5.41) is 0. The minimum atomic E-state index is -0.369. The van der Waals surface area contributed by atoms with Gasteiger partial charge in [-0.15, -0.1) is 0 Å². The van der Waals surface area contributed by atoms with Gasteiger partial charge < -0.3 is 9.47 Å². The third-order valence-corrected chi connectivity index (χ3v) is 4.07. The molecule has 0 aromatic rings. The summed E-state index contributed by atoms with van der Waals surface area (Å²) in [7, 11) is 0. The molecule has 0 radical (unpaired) electrons. The van der Waals surface area contributed by atoms with Gasteiger partial charge in [0.2, 0.25) is 0 Å². The topological polar surface area (TPSA) is 52.6 Å². The van der Waals surface area contributed by atoms with Gasteiger partial charge in [0.05, 0.1) is 24.4 Å². The maximum Gasteiger partial charge on any atom is 0.334 e. The van der Waals surface area contributed by atoms with E-state index in [0.717, 1.165) is 25.7 Å². The largest absolute Gasteiger partial charge is 0.463 e. The minimum absolute atomic E-state index is 0.0269. The van der Waals surface area contributed by atoms with Crippen molar-refractivity contribution in [3.63, 3.8) is 0 Å². The zero-order valence-electron chi connectivity index (χ0n) is 15.0. The quantitative estimate of drug-likeness (QED) is 0.446. The Kier molecular flexibility index (Phi) is 10.6. The summed E-state index contributed by atoms with van der Waals surface area (Å²) in [6, 6.07) is 0. The van der Waals surface area contributed by atoms with Gasteiger partial charge in [-0.2, -0.15) is 0 Å². The molecule has 0 bridgehead atoms. The smallest absolute Gasteiger partial charge is 0.334 e. The fourth-order valence-corrected chi connectivity index (χ4v) is 2.80. The van der Waals surface area contributed by atoms with Crippen molar-refractivity contribution in [2.45, 2.75) is 67.2 Å². The van der Waals surface area contributed by atoms with Gasteiger partial charge in [0.15, 0.2) is 0 Å². The van der Waals surface area contributed by atoms with E-state index in [9.17, 15) is 9.59 Å². The first-order valence-electron chi connectivity index (χ1n) is 8.60. The molecule has 0 aromatic heterocycles. The molecule has 0 amide bonds. The molecule has 0 saturated carbocycles. The fraction of sp³-hybridized carbons (Fsp3) is 0.778. The SMILES string of the molecule is CCOC(=O)C(=C(C(=O)OCC)C(CC)CC)C(CC)CC. The Morgan fingerprint density at radius 1 is 0.636 bits per heavy atom. The maximum atomic E-state index is 12.5. The molecule has 0 aromatic carbocycles. The van der Waals surface area contributed by atoms with E-state index >= 15 is 0 Å². The number of rotatable bonds is 10. The first-order chi connectivity index (χ1) is 10.5. The number of hydrogen-bond donors (Lipinski definition) is 0. The zero-order valence-corrected chi connectivity index (χ0v) is 15.0. The molecule has 128 valence electrons. The molecule has 4 nitrogen and oxygen atoms in total. The van der Waals surface area contributed by atoms with Crippen molar-refractivity contribution in [3.05, 3.63) is 11.1 Å². The van der Waals surface area contributed by atoms with E-state index in [1.54, 1.807) is 13.8 Å². The molecule has 0 heterocycles. The number of esters is 2. The molecule has 0 spiro atoms. The van der Waals surface area contributed by atoms with Crippen LogP contribution in [-0.4, -0.2) is 25.2 Å². The monoisotopic (exact) mass is 312 g/mol. The Balaban J connectivity index is 6.13. The summed E-state index contributed by atoms with van der Waals surface area (Å²) in [5.74, 6) is -0.685. The Labute approximate surface area is 135 Å². The van der Waals surface area contributed by atoms with Gasteiger partial charge in [-0.1, -0.05) is 27.7 Å². The number of ether oxygens (including phenoxy) is 2. The van der Waals surface area contributed by atoms with E-state index in [1.807, 2.05) is 27.7 Å². The van der Waals surface area contributed by atoms with Crippen LogP contribution in [0.4, 0.5) is 0 Å². The van der Waals surface area contributed by atoms with Crippen LogP contribution in [0.2, 0.25) is 0 Å². The number of hydrogen-bond acceptors (Lipinski definition) is 4. The maximum absolute atomic E-state index is 12.5. The van der Waals surface area contributed by atoms with Crippen molar-refractivity contribution < 1.29 is 19.1 Å². The van der Waals surface area contributed by atoms with Crippen LogP contribution >= 0.6 is 0 Å². The lowest BCUT2D eigenvalue weighted by Gasteiger charge is -2.24. The van der Waals surface area contributed by atoms with Gasteiger partial charge >= 0.3 is 11.9 Å². The molecule has 22 heavy (non-hydrogen) atoms. The summed E-state index contributed by atoms with van der Waals surface area (Å²) in [6.07, 6.45) is 3.20. The minimum Gasteiger partial charge on any atom is -0.463 e. The number of carbonyl (C=O) groups excluding carboxylic acids is 2. The average molecular weight is 312 g/mol. The molecular weight excluding hydrogens is 280 g/mol. The highest BCUT2D eigenvalue weighted by molar-refractivity contribution is 6.01. The Morgan fingerprint density at radius 3 is 1.09 bits per heavy atom. The van der Waals surface area contributed by atoms with Crippen molar-refractivity contribution in [2.75, 3.05) is 13.2 Å². The van der Waals surface area contributed by atoms with Crippen molar-refractivity contribution in [1.29, 1.82) is 0 Å². The average Bonchev–Trinajstić information content (AvgIpc) is 2.51. The summed E-state index contributed by atoms with van der Waals surface area (Å²) in [6.45, 7) is 12.3. The Bertz CT molecular complexity index is 341. The summed E-state index contributed by atoms with van der Waals surface area (Å²) < 4.78 is 10.5. The second kappa shape index (κ2) is 11.3. The highest BCUT2D eigenvalue weighted by Crippen LogP contribution is 2.31. The van der Waals surface area contributed by atoms with Crippen molar-refractivity contribution >= 4 is 11.9 Å². The predicted molar refractivity (Wildman–Crippen MR) is 88.4 cm³/mol. The summed E-state index contributed by atoms with van der Waals surface area (Å²) in [5.41, 5.74) is 1.05. The van der Waals surface area contributed by atoms with Crippen LogP contribution in [0.3, 0.4) is 0 Å². The van der Waals surface area contributed by atoms with E-state index in [-0.39, 0.29) is 23.8 Å². The summed E-state index contributed by atoms with van der Waals surface area (Å²) >= 11 is 0. The highest BCUT2D eigenvalue weighted by atomic mass is 16.5. The second-order valence-corrected chi connectivity index (χ2v) is 5.30. The normalized spacial score (nSPS) is 12.4. The van der Waals surface area contributed by atoms with E-state index in [2.05, 4.69) is 0 Å². The van der Waals surface area contributed by atoms with Crippen LogP contribution in [-0.2, 0) is 19.1 Å². The molecule has 0 rings (SSSR count). The van der Waals surface area contributed by atoms with Crippen molar-refractivity contribution in [2.24, 2.45) is 11.8 Å². The Hall–Kier alpha value is -1.32. The van der Waals surface area contributed by atoms with E-state index in [1.165, 1.54) is 0 Å². The van der Waals surface area contributed by atoms with Crippen LogP contribution < -0.4 is 0 Å². The lowest BCUT2D eigenvalue weighted by atomic mass is 9.82. The summed E-state index contributed by atoms with van der Waals surface area (Å²) in [4.78, 5) is 25.0. The third-order valence-electron chi connectivity index (χ3n) is 4.07. The molecule has 4 heteroatoms. The molecule has 0 N–H and O–H groups in total. The molecule has 0 aliphatic heterocycles. The van der Waals surface area contributed by atoms with E-state index in [0.29, 0.717) is 24.4 Å². The molecule has 0 atom stereocenters. The first kappa shape index (κ1) is 20.7. The standard InChI is InChI=1S/C18H32O4/c1-7-13(8-2)15(17(19)21-11-5)16(14(9-3)10-4)18(20)22-12-6/h13-14H,7-12H2,1-6H3. The van der Waals surface area contributed by atoms with Crippen LogP contribution in [0, 0.1) is 11.8 Å². The second-order valence-electron chi connectivity index (χ2n) is 5.30. The number of carbonyl (C=O) groups is 2. The molecule has 0 saturated heterocycles. The Morgan fingerprint density at radius 2 is 0.909 bits per heavy atom. The van der Waals surface area contributed by atoms with Gasteiger partial charge in [0.25, 0.3) is 0 Å². The lowest BCUT2D eigenvalue weighted by Crippen LogP contribution is -2.26. The molecule has 0 unspecified atom stereocenters. The first-order valence-corrected chi connectivity index (χ1v) is 8.60. The molecular formula is C18H32O4. The lowest BCUT2D eigenvalue weighted by molar-refractivity contribution is -0.143. The van der Waals surface area contributed by atoms with Crippen LogP contribution in [0.15, 0.2) is 11.1 Å². The van der Waals surface area contributed by atoms with Crippen LogP contribution in [0.1, 0.15) is 67.2 Å². The fourth-order valence-electron chi connectivity index (χ4n) is 2.80. The molecule has 0 aliphatic rings. The third kappa shape index (κ3) is 5.47. The van der Waals surface area contributed by atoms with Crippen LogP contribution in [0.25, 0.3) is 0 Å². The van der Waals surface area contributed by atoms with Gasteiger partial charge in [0, 0.05) is 0 Å². The van der Waals surface area contributed by atoms with E-state index < -0.39 is 0 Å². The highest BCUT2D eigenvalue weighted by Gasteiger charge is 2.31. The van der Waals surface area contributed by atoms with Crippen LogP contribution in [0.5, 0.6) is 0 Å². The van der Waals surface area contributed by atoms with Gasteiger partial charge in [0.1, 0.15) is 0 Å². The van der Waals surface area contributed by atoms with Gasteiger partial charge in [-0.25, -0.2) is 9.59 Å². The van der Waals surface area contributed by atoms with E-state index in [4.69, 9.17) is 9.47 Å². The predicted octanol–water partition coefficient (Wildman–Crippen LogP) is 4.28. The molecule has 0 fully saturated rings. The van der Waals surface area contributed by atoms with Gasteiger partial charge in [-0.3, -0.25) is 0 Å². The molecule has 0 aliphatic carbocycles. The van der Waals surface area contributed by atoms with Gasteiger partial charge in [-0.05, 0) is 51.4 Å². The zero-order chi connectivity index (χ0) is 17.1. The van der Waals surface area contributed by atoms with Crippen molar-refractivity contribution in [1.82, 2.24) is 0 Å². The van der Waals surface area contributed by atoms with Crippen molar-refractivity contribution in [3.8, 4) is 0 Å².